The van der Waals surface area contributed by atoms with Crippen LogP contribution >= 0.6 is 0 Å². The third-order valence-corrected chi connectivity index (χ3v) is 9.18. The van der Waals surface area contributed by atoms with E-state index in [-0.39, 0.29) is 18.5 Å². The molecule has 0 radical (unpaired) electrons. The highest BCUT2D eigenvalue weighted by atomic mass is 32.2. The second kappa shape index (κ2) is 14.0. The highest BCUT2D eigenvalue weighted by Gasteiger charge is 2.34. The molecule has 0 saturated heterocycles. The first-order chi connectivity index (χ1) is 20.0. The number of benzene rings is 3. The van der Waals surface area contributed by atoms with Crippen LogP contribution in [0.15, 0.2) is 72.8 Å². The van der Waals surface area contributed by atoms with Crippen LogP contribution in [0.5, 0.6) is 0 Å². The molecular formula is C34H43N3O4S. The molecule has 42 heavy (non-hydrogen) atoms. The summed E-state index contributed by atoms with van der Waals surface area (Å²) >= 11 is 0. The monoisotopic (exact) mass is 589 g/mol. The normalized spacial score (nSPS) is 14.7. The van der Waals surface area contributed by atoms with Crippen molar-refractivity contribution in [1.29, 1.82) is 0 Å². The molecule has 1 fully saturated rings. The van der Waals surface area contributed by atoms with Gasteiger partial charge < -0.3 is 10.2 Å². The Labute approximate surface area is 251 Å². The predicted octanol–water partition coefficient (Wildman–Crippen LogP) is 5.47. The topological polar surface area (TPSA) is 86.8 Å². The van der Waals surface area contributed by atoms with Crippen LogP contribution in [-0.4, -0.2) is 50.0 Å². The predicted molar refractivity (Wildman–Crippen MR) is 169 cm³/mol. The van der Waals surface area contributed by atoms with E-state index in [1.54, 1.807) is 4.90 Å². The van der Waals surface area contributed by atoms with Gasteiger partial charge in [0.05, 0.1) is 11.9 Å². The second-order valence-electron chi connectivity index (χ2n) is 11.6. The van der Waals surface area contributed by atoms with Crippen LogP contribution in [0, 0.1) is 20.8 Å². The van der Waals surface area contributed by atoms with Crippen molar-refractivity contribution >= 4 is 27.5 Å². The lowest BCUT2D eigenvalue weighted by Crippen LogP contribution is -2.55. The molecule has 2 amide bonds. The lowest BCUT2D eigenvalue weighted by Gasteiger charge is -2.35. The van der Waals surface area contributed by atoms with E-state index in [9.17, 15) is 18.0 Å². The molecule has 3 aromatic rings. The van der Waals surface area contributed by atoms with Crippen molar-refractivity contribution in [1.82, 2.24) is 10.2 Å². The minimum absolute atomic E-state index is 0.0722. The highest BCUT2D eigenvalue weighted by Crippen LogP contribution is 2.27. The fourth-order valence-electron chi connectivity index (χ4n) is 5.76. The molecule has 1 saturated carbocycles. The van der Waals surface area contributed by atoms with Crippen LogP contribution in [-0.2, 0) is 32.6 Å². The van der Waals surface area contributed by atoms with Crippen LogP contribution in [0.3, 0.4) is 0 Å². The second-order valence-corrected chi connectivity index (χ2v) is 13.5. The number of para-hydroxylation sites is 1. The van der Waals surface area contributed by atoms with Gasteiger partial charge in [-0.1, -0.05) is 97.6 Å². The first-order valence-electron chi connectivity index (χ1n) is 14.8. The van der Waals surface area contributed by atoms with Crippen molar-refractivity contribution in [2.45, 2.75) is 77.9 Å². The number of sulfonamides is 1. The van der Waals surface area contributed by atoms with E-state index >= 15 is 0 Å². The van der Waals surface area contributed by atoms with Crippen molar-refractivity contribution in [3.05, 3.63) is 101 Å². The fraction of sp³-hybridized carbons (Fsp3) is 0.412. The van der Waals surface area contributed by atoms with Gasteiger partial charge in [-0.05, 0) is 55.9 Å². The molecule has 224 valence electrons. The molecule has 1 aliphatic carbocycles. The SMILES string of the molecule is Cc1ccc(CN(C(=O)CN(c2c(C)cccc2C)S(C)(=O)=O)[C@@H](Cc2ccccc2)C(=O)NC2CCCCC2)cc1. The van der Waals surface area contributed by atoms with Gasteiger partial charge in [0.1, 0.15) is 12.6 Å². The van der Waals surface area contributed by atoms with Crippen molar-refractivity contribution in [2.75, 3.05) is 17.1 Å². The Morgan fingerprint density at radius 3 is 2.05 bits per heavy atom. The Morgan fingerprint density at radius 2 is 1.45 bits per heavy atom. The average molecular weight is 590 g/mol. The first kappa shape index (κ1) is 31.3. The number of aryl methyl sites for hydroxylation is 3. The van der Waals surface area contributed by atoms with E-state index in [1.807, 2.05) is 93.6 Å². The quantitative estimate of drug-likeness (QED) is 0.322. The molecule has 3 aromatic carbocycles. The van der Waals surface area contributed by atoms with E-state index in [0.717, 1.165) is 66.2 Å². The van der Waals surface area contributed by atoms with Gasteiger partial charge in [-0.25, -0.2) is 8.42 Å². The van der Waals surface area contributed by atoms with Gasteiger partial charge >= 0.3 is 0 Å². The third kappa shape index (κ3) is 8.22. The van der Waals surface area contributed by atoms with Crippen LogP contribution < -0.4 is 9.62 Å². The lowest BCUT2D eigenvalue weighted by molar-refractivity contribution is -0.140. The molecule has 1 N–H and O–H groups in total. The Kier molecular flexibility index (Phi) is 10.4. The summed E-state index contributed by atoms with van der Waals surface area (Å²) in [6, 6.07) is 22.3. The first-order valence-corrected chi connectivity index (χ1v) is 16.6. The Hall–Kier alpha value is -3.65. The Bertz CT molecular complexity index is 1450. The van der Waals surface area contributed by atoms with E-state index in [2.05, 4.69) is 5.32 Å². The van der Waals surface area contributed by atoms with Crippen molar-refractivity contribution in [2.24, 2.45) is 0 Å². The number of rotatable bonds is 11. The molecule has 0 aromatic heterocycles. The van der Waals surface area contributed by atoms with Gasteiger partial charge in [-0.2, -0.15) is 0 Å². The number of anilines is 1. The average Bonchev–Trinajstić information content (AvgIpc) is 2.95. The summed E-state index contributed by atoms with van der Waals surface area (Å²) in [6.45, 7) is 5.45. The Balaban J connectivity index is 1.74. The van der Waals surface area contributed by atoms with Crippen molar-refractivity contribution in [3.8, 4) is 0 Å². The summed E-state index contributed by atoms with van der Waals surface area (Å²) in [7, 11) is -3.81. The summed E-state index contributed by atoms with van der Waals surface area (Å²) in [6.07, 6.45) is 6.58. The van der Waals surface area contributed by atoms with Crippen molar-refractivity contribution < 1.29 is 18.0 Å². The molecule has 1 atom stereocenters. The summed E-state index contributed by atoms with van der Waals surface area (Å²) in [5, 5.41) is 3.24. The summed E-state index contributed by atoms with van der Waals surface area (Å²) in [5.74, 6) is -0.632. The van der Waals surface area contributed by atoms with E-state index in [1.165, 1.54) is 4.31 Å². The minimum Gasteiger partial charge on any atom is -0.352 e. The molecule has 4 rings (SSSR count). The van der Waals surface area contributed by atoms with Gasteiger partial charge in [-0.15, -0.1) is 0 Å². The molecule has 0 unspecified atom stereocenters. The van der Waals surface area contributed by atoms with Crippen LogP contribution in [0.2, 0.25) is 0 Å². The summed E-state index contributed by atoms with van der Waals surface area (Å²) in [4.78, 5) is 29.9. The molecular weight excluding hydrogens is 546 g/mol. The molecule has 0 spiro atoms. The number of hydrogen-bond acceptors (Lipinski definition) is 4. The van der Waals surface area contributed by atoms with Gasteiger partial charge in [0, 0.05) is 19.0 Å². The van der Waals surface area contributed by atoms with Gasteiger partial charge in [0.2, 0.25) is 21.8 Å². The van der Waals surface area contributed by atoms with Crippen LogP contribution in [0.4, 0.5) is 5.69 Å². The fourth-order valence-corrected chi connectivity index (χ4v) is 6.73. The number of hydrogen-bond donors (Lipinski definition) is 1. The zero-order valence-corrected chi connectivity index (χ0v) is 26.0. The van der Waals surface area contributed by atoms with E-state index < -0.39 is 28.5 Å². The van der Waals surface area contributed by atoms with Crippen LogP contribution in [0.1, 0.15) is 59.9 Å². The molecule has 0 aliphatic heterocycles. The molecule has 7 nitrogen and oxygen atoms in total. The summed E-state index contributed by atoms with van der Waals surface area (Å²) in [5.41, 5.74) is 4.90. The maximum atomic E-state index is 14.3. The van der Waals surface area contributed by atoms with Crippen LogP contribution in [0.25, 0.3) is 0 Å². The highest BCUT2D eigenvalue weighted by molar-refractivity contribution is 7.92. The summed E-state index contributed by atoms with van der Waals surface area (Å²) < 4.78 is 27.4. The Morgan fingerprint density at radius 1 is 0.833 bits per heavy atom. The maximum absolute atomic E-state index is 14.3. The number of nitrogens with zero attached hydrogens (tertiary/aromatic N) is 2. The minimum atomic E-state index is -3.81. The number of nitrogens with one attached hydrogen (secondary N) is 1. The molecule has 0 bridgehead atoms. The van der Waals surface area contributed by atoms with Gasteiger partial charge in [-0.3, -0.25) is 13.9 Å². The largest absolute Gasteiger partial charge is 0.352 e. The van der Waals surface area contributed by atoms with Crippen molar-refractivity contribution in [3.63, 3.8) is 0 Å². The number of carbonyl (C=O) groups excluding carboxylic acids is 2. The molecule has 8 heteroatoms. The van der Waals surface area contributed by atoms with E-state index in [4.69, 9.17) is 0 Å². The molecule has 1 aliphatic rings. The third-order valence-electron chi connectivity index (χ3n) is 8.06. The standard InChI is InChI=1S/C34H43N3O4S/c1-25-18-20-29(21-19-25)23-36(32(38)24-37(42(4,40)41)33-26(2)12-11-13-27(33)3)31(22-28-14-7-5-8-15-28)34(39)35-30-16-9-6-10-17-30/h5,7-8,11-15,18-21,30-31H,6,9-10,16-17,22-24H2,1-4H3,(H,35,39)/t31-/m0/s1. The zero-order chi connectivity index (χ0) is 30.3. The van der Waals surface area contributed by atoms with Gasteiger partial charge in [0.25, 0.3) is 0 Å². The maximum Gasteiger partial charge on any atom is 0.244 e. The zero-order valence-electron chi connectivity index (χ0n) is 25.2. The number of amides is 2. The smallest absolute Gasteiger partial charge is 0.244 e. The lowest BCUT2D eigenvalue weighted by atomic mass is 9.94. The molecule has 0 heterocycles. The number of carbonyl (C=O) groups is 2. The van der Waals surface area contributed by atoms with Gasteiger partial charge in [0.15, 0.2) is 0 Å². The van der Waals surface area contributed by atoms with E-state index in [0.29, 0.717) is 12.1 Å².